The molecule has 0 bridgehead atoms. The molecule has 3 rings (SSSR count). The van der Waals surface area contributed by atoms with Crippen molar-refractivity contribution in [3.05, 3.63) is 87.6 Å². The lowest BCUT2D eigenvalue weighted by Crippen LogP contribution is -2.16. The second-order valence-electron chi connectivity index (χ2n) is 5.45. The van der Waals surface area contributed by atoms with E-state index in [0.717, 1.165) is 11.1 Å². The molecular weight excluding hydrogens is 348 g/mol. The number of hydrazone groups is 1. The van der Waals surface area contributed by atoms with Crippen LogP contribution in [0.2, 0.25) is 0 Å². The van der Waals surface area contributed by atoms with Gasteiger partial charge in [0.1, 0.15) is 5.75 Å². The van der Waals surface area contributed by atoms with E-state index in [2.05, 4.69) is 10.5 Å². The van der Waals surface area contributed by atoms with Crippen molar-refractivity contribution in [1.29, 1.82) is 0 Å². The summed E-state index contributed by atoms with van der Waals surface area (Å²) in [6, 6.07) is 17.7. The molecule has 0 aliphatic rings. The Morgan fingerprint density at radius 3 is 2.50 bits per heavy atom. The maximum Gasteiger partial charge on any atom is 0.343 e. The third kappa shape index (κ3) is 4.43. The van der Waals surface area contributed by atoms with Gasteiger partial charge in [-0.15, -0.1) is 11.3 Å². The maximum atomic E-state index is 12.2. The van der Waals surface area contributed by atoms with Crippen molar-refractivity contribution in [2.24, 2.45) is 5.10 Å². The fourth-order valence-corrected chi connectivity index (χ4v) is 2.83. The van der Waals surface area contributed by atoms with E-state index in [4.69, 9.17) is 4.74 Å². The Morgan fingerprint density at radius 1 is 1.04 bits per heavy atom. The Bertz CT molecular complexity index is 932. The number of rotatable bonds is 5. The van der Waals surface area contributed by atoms with Crippen LogP contribution in [0, 0.1) is 6.92 Å². The van der Waals surface area contributed by atoms with Crippen LogP contribution in [0.5, 0.6) is 5.75 Å². The van der Waals surface area contributed by atoms with Crippen molar-refractivity contribution < 1.29 is 14.3 Å². The molecule has 0 aliphatic carbocycles. The van der Waals surface area contributed by atoms with E-state index >= 15 is 0 Å². The van der Waals surface area contributed by atoms with Gasteiger partial charge >= 0.3 is 5.97 Å². The standard InChI is InChI=1S/C20H16N2O3S/c1-14-5-2-3-6-17(14)20(24)25-16-10-8-15(9-11-16)13-21-22-19(23)18-7-4-12-26-18/h2-13H,1H3,(H,22,23)/b21-13+. The zero-order valence-corrected chi connectivity index (χ0v) is 14.8. The summed E-state index contributed by atoms with van der Waals surface area (Å²) in [5.41, 5.74) is 4.63. The molecule has 1 heterocycles. The average molecular weight is 364 g/mol. The van der Waals surface area contributed by atoms with Gasteiger partial charge in [0.05, 0.1) is 16.7 Å². The van der Waals surface area contributed by atoms with Crippen LogP contribution < -0.4 is 10.2 Å². The fraction of sp³-hybridized carbons (Fsp3) is 0.0500. The molecule has 3 aromatic rings. The number of nitrogens with one attached hydrogen (secondary N) is 1. The number of ether oxygens (including phenoxy) is 1. The van der Waals surface area contributed by atoms with Crippen molar-refractivity contribution in [3.8, 4) is 5.75 Å². The zero-order valence-electron chi connectivity index (χ0n) is 14.0. The lowest BCUT2D eigenvalue weighted by atomic mass is 10.1. The first-order valence-corrected chi connectivity index (χ1v) is 8.76. The van der Waals surface area contributed by atoms with E-state index in [1.54, 1.807) is 48.5 Å². The van der Waals surface area contributed by atoms with Gasteiger partial charge in [0.2, 0.25) is 0 Å². The molecule has 0 atom stereocenters. The molecular formula is C20H16N2O3S. The monoisotopic (exact) mass is 364 g/mol. The van der Waals surface area contributed by atoms with Crippen LogP contribution >= 0.6 is 11.3 Å². The first-order valence-electron chi connectivity index (χ1n) is 7.88. The molecule has 0 saturated carbocycles. The Hall–Kier alpha value is -3.25. The van der Waals surface area contributed by atoms with Crippen LogP contribution in [0.3, 0.4) is 0 Å². The van der Waals surface area contributed by atoms with E-state index < -0.39 is 5.97 Å². The van der Waals surface area contributed by atoms with Crippen LogP contribution in [0.1, 0.15) is 31.2 Å². The van der Waals surface area contributed by atoms with E-state index in [-0.39, 0.29) is 5.91 Å². The first-order chi connectivity index (χ1) is 12.6. The van der Waals surface area contributed by atoms with Crippen LogP contribution in [0.25, 0.3) is 0 Å². The number of thiophene rings is 1. The van der Waals surface area contributed by atoms with Gasteiger partial charge in [-0.25, -0.2) is 10.2 Å². The molecule has 0 radical (unpaired) electrons. The minimum absolute atomic E-state index is 0.250. The molecule has 0 fully saturated rings. The highest BCUT2D eigenvalue weighted by molar-refractivity contribution is 7.12. The molecule has 1 N–H and O–H groups in total. The van der Waals surface area contributed by atoms with Gasteiger partial charge in [0.15, 0.2) is 0 Å². The zero-order chi connectivity index (χ0) is 18.4. The van der Waals surface area contributed by atoms with Crippen molar-refractivity contribution >= 4 is 29.4 Å². The second-order valence-corrected chi connectivity index (χ2v) is 6.40. The highest BCUT2D eigenvalue weighted by Gasteiger charge is 2.10. The number of esters is 1. The molecule has 1 amide bonds. The van der Waals surface area contributed by atoms with Crippen molar-refractivity contribution in [2.75, 3.05) is 0 Å². The number of benzene rings is 2. The largest absolute Gasteiger partial charge is 0.423 e. The summed E-state index contributed by atoms with van der Waals surface area (Å²) < 4.78 is 5.38. The SMILES string of the molecule is Cc1ccccc1C(=O)Oc1ccc(/C=N/NC(=O)c2cccs2)cc1. The van der Waals surface area contributed by atoms with Crippen LogP contribution in [0.15, 0.2) is 71.1 Å². The minimum Gasteiger partial charge on any atom is -0.423 e. The Labute approximate surface area is 154 Å². The van der Waals surface area contributed by atoms with Gasteiger partial charge < -0.3 is 4.74 Å². The summed E-state index contributed by atoms with van der Waals surface area (Å²) in [6.45, 7) is 1.86. The molecule has 0 aliphatic heterocycles. The van der Waals surface area contributed by atoms with Gasteiger partial charge in [-0.3, -0.25) is 4.79 Å². The van der Waals surface area contributed by atoms with Crippen molar-refractivity contribution in [1.82, 2.24) is 5.43 Å². The second kappa shape index (κ2) is 8.22. The smallest absolute Gasteiger partial charge is 0.343 e. The van der Waals surface area contributed by atoms with E-state index in [9.17, 15) is 9.59 Å². The van der Waals surface area contributed by atoms with E-state index in [1.165, 1.54) is 17.6 Å². The third-order valence-corrected chi connectivity index (χ3v) is 4.45. The normalized spacial score (nSPS) is 10.7. The Kier molecular flexibility index (Phi) is 5.56. The highest BCUT2D eigenvalue weighted by Crippen LogP contribution is 2.15. The quantitative estimate of drug-likeness (QED) is 0.322. The Morgan fingerprint density at radius 2 is 1.81 bits per heavy atom. The van der Waals surface area contributed by atoms with Crippen LogP contribution in [-0.2, 0) is 0 Å². The van der Waals surface area contributed by atoms with E-state index in [1.807, 2.05) is 24.4 Å². The summed E-state index contributed by atoms with van der Waals surface area (Å²) >= 11 is 1.35. The van der Waals surface area contributed by atoms with Crippen LogP contribution in [0.4, 0.5) is 0 Å². The summed E-state index contributed by atoms with van der Waals surface area (Å²) in [5.74, 6) is -0.203. The third-order valence-electron chi connectivity index (χ3n) is 3.58. The molecule has 0 spiro atoms. The minimum atomic E-state index is -0.396. The molecule has 26 heavy (non-hydrogen) atoms. The van der Waals surface area contributed by atoms with Gasteiger partial charge in [0.25, 0.3) is 5.91 Å². The Balaban J connectivity index is 1.58. The van der Waals surface area contributed by atoms with Crippen molar-refractivity contribution in [2.45, 2.75) is 6.92 Å². The molecule has 2 aromatic carbocycles. The number of hydrogen-bond donors (Lipinski definition) is 1. The van der Waals surface area contributed by atoms with Gasteiger partial charge in [0, 0.05) is 0 Å². The number of hydrogen-bond acceptors (Lipinski definition) is 5. The molecule has 5 nitrogen and oxygen atoms in total. The van der Waals surface area contributed by atoms with Crippen LogP contribution in [-0.4, -0.2) is 18.1 Å². The average Bonchev–Trinajstić information content (AvgIpc) is 3.18. The number of amides is 1. The number of nitrogens with zero attached hydrogens (tertiary/aromatic N) is 1. The predicted octanol–water partition coefficient (Wildman–Crippen LogP) is 4.04. The predicted molar refractivity (Wildman–Crippen MR) is 102 cm³/mol. The summed E-state index contributed by atoms with van der Waals surface area (Å²) in [6.07, 6.45) is 1.53. The maximum absolute atomic E-state index is 12.2. The highest BCUT2D eigenvalue weighted by atomic mass is 32.1. The molecule has 0 unspecified atom stereocenters. The van der Waals surface area contributed by atoms with E-state index in [0.29, 0.717) is 16.2 Å². The summed E-state index contributed by atoms with van der Waals surface area (Å²) in [5, 5.41) is 5.75. The number of carbonyl (C=O) groups is 2. The van der Waals surface area contributed by atoms with Gasteiger partial charge in [-0.05, 0) is 59.8 Å². The number of aryl methyl sites for hydroxylation is 1. The van der Waals surface area contributed by atoms with Gasteiger partial charge in [-0.2, -0.15) is 5.10 Å². The molecule has 0 saturated heterocycles. The topological polar surface area (TPSA) is 67.8 Å². The lowest BCUT2D eigenvalue weighted by molar-refractivity contribution is 0.0733. The lowest BCUT2D eigenvalue weighted by Gasteiger charge is -2.06. The molecule has 1 aromatic heterocycles. The summed E-state index contributed by atoms with van der Waals surface area (Å²) in [7, 11) is 0. The van der Waals surface area contributed by atoms with Gasteiger partial charge in [-0.1, -0.05) is 24.3 Å². The van der Waals surface area contributed by atoms with Crippen molar-refractivity contribution in [3.63, 3.8) is 0 Å². The fourth-order valence-electron chi connectivity index (χ4n) is 2.21. The first kappa shape index (κ1) is 17.6. The number of carbonyl (C=O) groups excluding carboxylic acids is 2. The molecule has 130 valence electrons. The summed E-state index contributed by atoms with van der Waals surface area (Å²) in [4.78, 5) is 24.5. The molecule has 6 heteroatoms.